The van der Waals surface area contributed by atoms with E-state index in [0.29, 0.717) is 6.42 Å². The molecular formula is C12H16ClNO2. The van der Waals surface area contributed by atoms with Crippen LogP contribution in [0.1, 0.15) is 25.3 Å². The second-order valence-corrected chi connectivity index (χ2v) is 3.94. The molecule has 1 aromatic rings. The maximum absolute atomic E-state index is 8.43. The van der Waals surface area contributed by atoms with Crippen molar-refractivity contribution < 1.29 is 9.94 Å². The van der Waals surface area contributed by atoms with Gasteiger partial charge in [-0.05, 0) is 24.1 Å². The Labute approximate surface area is 101 Å². The molecule has 88 valence electrons. The number of halogens is 1. The Morgan fingerprint density at radius 2 is 2.06 bits per heavy atom. The van der Waals surface area contributed by atoms with E-state index in [2.05, 4.69) is 12.1 Å². The minimum absolute atomic E-state index is 0.180. The normalized spacial score (nSPS) is 11.5. The van der Waals surface area contributed by atoms with E-state index in [-0.39, 0.29) is 5.17 Å². The molecule has 0 saturated carbocycles. The highest BCUT2D eigenvalue weighted by atomic mass is 35.5. The van der Waals surface area contributed by atoms with E-state index in [4.69, 9.17) is 21.5 Å². The van der Waals surface area contributed by atoms with E-state index in [1.54, 1.807) is 0 Å². The van der Waals surface area contributed by atoms with Gasteiger partial charge in [0.05, 0.1) is 6.61 Å². The Morgan fingerprint density at radius 3 is 2.62 bits per heavy atom. The van der Waals surface area contributed by atoms with Crippen molar-refractivity contribution in [1.29, 1.82) is 0 Å². The molecule has 16 heavy (non-hydrogen) atoms. The highest BCUT2D eigenvalue weighted by Crippen LogP contribution is 2.13. The van der Waals surface area contributed by atoms with Crippen LogP contribution in [0.5, 0.6) is 5.75 Å². The summed E-state index contributed by atoms with van der Waals surface area (Å²) in [5.74, 6) is 0.856. The Morgan fingerprint density at radius 1 is 1.38 bits per heavy atom. The van der Waals surface area contributed by atoms with E-state index in [9.17, 15) is 0 Å². The van der Waals surface area contributed by atoms with Crippen LogP contribution in [-0.4, -0.2) is 17.0 Å². The molecule has 0 saturated heterocycles. The van der Waals surface area contributed by atoms with Gasteiger partial charge < -0.3 is 9.94 Å². The van der Waals surface area contributed by atoms with E-state index < -0.39 is 0 Å². The van der Waals surface area contributed by atoms with E-state index in [1.165, 1.54) is 0 Å². The van der Waals surface area contributed by atoms with Gasteiger partial charge in [0.15, 0.2) is 0 Å². The van der Waals surface area contributed by atoms with E-state index in [1.807, 2.05) is 24.3 Å². The SMILES string of the molecule is CCCCOc1ccc(CC(Cl)=NO)cc1. The molecule has 0 fully saturated rings. The molecule has 1 rings (SSSR count). The first kappa shape index (κ1) is 12.8. The maximum Gasteiger partial charge on any atom is 0.149 e. The van der Waals surface area contributed by atoms with Crippen LogP contribution in [-0.2, 0) is 6.42 Å². The lowest BCUT2D eigenvalue weighted by molar-refractivity contribution is 0.309. The van der Waals surface area contributed by atoms with Crippen molar-refractivity contribution in [2.75, 3.05) is 6.61 Å². The average molecular weight is 242 g/mol. The zero-order chi connectivity index (χ0) is 11.8. The molecule has 0 atom stereocenters. The Kier molecular flexibility index (Phi) is 5.72. The molecular weight excluding hydrogens is 226 g/mol. The van der Waals surface area contributed by atoms with Gasteiger partial charge in [-0.15, -0.1) is 0 Å². The summed E-state index contributed by atoms with van der Waals surface area (Å²) in [6.07, 6.45) is 2.62. The fourth-order valence-corrected chi connectivity index (χ4v) is 1.40. The van der Waals surface area contributed by atoms with Crippen molar-refractivity contribution >= 4 is 16.8 Å². The summed E-state index contributed by atoms with van der Waals surface area (Å²) in [6, 6.07) is 7.61. The molecule has 0 heterocycles. The van der Waals surface area contributed by atoms with Gasteiger partial charge in [-0.3, -0.25) is 0 Å². The number of unbranched alkanes of at least 4 members (excludes halogenated alkanes) is 1. The molecule has 4 heteroatoms. The quantitative estimate of drug-likeness (QED) is 0.359. The number of benzene rings is 1. The molecule has 1 N–H and O–H groups in total. The van der Waals surface area contributed by atoms with Crippen LogP contribution in [0.3, 0.4) is 0 Å². The molecule has 1 aromatic carbocycles. The lowest BCUT2D eigenvalue weighted by Crippen LogP contribution is -1.97. The molecule has 0 spiro atoms. The third-order valence-electron chi connectivity index (χ3n) is 2.15. The highest BCUT2D eigenvalue weighted by Gasteiger charge is 1.99. The van der Waals surface area contributed by atoms with Crippen molar-refractivity contribution in [3.8, 4) is 5.75 Å². The first-order valence-electron chi connectivity index (χ1n) is 5.34. The number of hydrogen-bond donors (Lipinski definition) is 1. The summed E-state index contributed by atoms with van der Waals surface area (Å²) in [5.41, 5.74) is 0.991. The van der Waals surface area contributed by atoms with Crippen LogP contribution in [0.4, 0.5) is 0 Å². The zero-order valence-electron chi connectivity index (χ0n) is 9.32. The van der Waals surface area contributed by atoms with Crippen molar-refractivity contribution in [2.45, 2.75) is 26.2 Å². The summed E-state index contributed by atoms with van der Waals surface area (Å²) in [6.45, 7) is 2.87. The fraction of sp³-hybridized carbons (Fsp3) is 0.417. The van der Waals surface area contributed by atoms with Crippen molar-refractivity contribution in [2.24, 2.45) is 5.16 Å². The molecule has 0 aliphatic rings. The van der Waals surface area contributed by atoms with Gasteiger partial charge in [0, 0.05) is 6.42 Å². The van der Waals surface area contributed by atoms with Crippen LogP contribution in [0, 0.1) is 0 Å². The molecule has 0 aromatic heterocycles. The maximum atomic E-state index is 8.43. The Balaban J connectivity index is 2.47. The summed E-state index contributed by atoms with van der Waals surface area (Å²) >= 11 is 5.61. The van der Waals surface area contributed by atoms with Gasteiger partial charge in [0.1, 0.15) is 10.9 Å². The Hall–Kier alpha value is -1.22. The number of ether oxygens (including phenoxy) is 1. The molecule has 0 amide bonds. The standard InChI is InChI=1S/C12H16ClNO2/c1-2-3-8-16-11-6-4-10(5-7-11)9-12(13)14-15/h4-7,15H,2-3,8-9H2,1H3. The molecule has 0 aliphatic carbocycles. The van der Waals surface area contributed by atoms with Crippen LogP contribution < -0.4 is 4.74 Å². The lowest BCUT2D eigenvalue weighted by atomic mass is 10.1. The van der Waals surface area contributed by atoms with Gasteiger partial charge in [0.25, 0.3) is 0 Å². The minimum Gasteiger partial charge on any atom is -0.494 e. The van der Waals surface area contributed by atoms with E-state index in [0.717, 1.165) is 30.8 Å². The molecule has 0 aliphatic heterocycles. The van der Waals surface area contributed by atoms with Crippen LogP contribution >= 0.6 is 11.6 Å². The van der Waals surface area contributed by atoms with Gasteiger partial charge >= 0.3 is 0 Å². The molecule has 3 nitrogen and oxygen atoms in total. The van der Waals surface area contributed by atoms with Gasteiger partial charge in [-0.2, -0.15) is 0 Å². The summed E-state index contributed by atoms with van der Waals surface area (Å²) in [7, 11) is 0. The molecule has 0 radical (unpaired) electrons. The van der Waals surface area contributed by atoms with Crippen LogP contribution in [0.15, 0.2) is 29.4 Å². The molecule has 0 bridgehead atoms. The smallest absolute Gasteiger partial charge is 0.149 e. The highest BCUT2D eigenvalue weighted by molar-refractivity contribution is 6.65. The van der Waals surface area contributed by atoms with Crippen molar-refractivity contribution in [3.63, 3.8) is 0 Å². The third-order valence-corrected chi connectivity index (χ3v) is 2.36. The Bertz CT molecular complexity index is 335. The lowest BCUT2D eigenvalue weighted by Gasteiger charge is -2.05. The second-order valence-electron chi connectivity index (χ2n) is 3.50. The first-order valence-corrected chi connectivity index (χ1v) is 5.72. The predicted octanol–water partition coefficient (Wildman–Crippen LogP) is 3.43. The monoisotopic (exact) mass is 241 g/mol. The third kappa shape index (κ3) is 4.53. The van der Waals surface area contributed by atoms with Crippen molar-refractivity contribution in [3.05, 3.63) is 29.8 Å². The van der Waals surface area contributed by atoms with Gasteiger partial charge in [0.2, 0.25) is 0 Å². The van der Waals surface area contributed by atoms with Crippen LogP contribution in [0.25, 0.3) is 0 Å². The van der Waals surface area contributed by atoms with Crippen LogP contribution in [0.2, 0.25) is 0 Å². The zero-order valence-corrected chi connectivity index (χ0v) is 10.1. The summed E-state index contributed by atoms with van der Waals surface area (Å²) < 4.78 is 5.52. The van der Waals surface area contributed by atoms with Crippen molar-refractivity contribution in [1.82, 2.24) is 0 Å². The summed E-state index contributed by atoms with van der Waals surface area (Å²) in [5, 5.41) is 11.5. The van der Waals surface area contributed by atoms with E-state index >= 15 is 0 Å². The summed E-state index contributed by atoms with van der Waals surface area (Å²) in [4.78, 5) is 0. The number of oxime groups is 1. The fourth-order valence-electron chi connectivity index (χ4n) is 1.24. The number of nitrogens with zero attached hydrogens (tertiary/aromatic N) is 1. The largest absolute Gasteiger partial charge is 0.494 e. The van der Waals surface area contributed by atoms with Gasteiger partial charge in [-0.25, -0.2) is 0 Å². The molecule has 0 unspecified atom stereocenters. The predicted molar refractivity (Wildman–Crippen MR) is 65.6 cm³/mol. The van der Waals surface area contributed by atoms with Gasteiger partial charge in [-0.1, -0.05) is 42.2 Å². The topological polar surface area (TPSA) is 41.8 Å². The number of rotatable bonds is 6. The first-order chi connectivity index (χ1) is 7.76. The average Bonchev–Trinajstić information content (AvgIpc) is 2.31. The number of hydrogen-bond acceptors (Lipinski definition) is 3. The second kappa shape index (κ2) is 7.12. The minimum atomic E-state index is 0.180.